The predicted octanol–water partition coefficient (Wildman–Crippen LogP) is 1.40. The lowest BCUT2D eigenvalue weighted by atomic mass is 9.93. The van der Waals surface area contributed by atoms with Crippen molar-refractivity contribution in [3.63, 3.8) is 0 Å². The number of ketones is 2. The van der Waals surface area contributed by atoms with Gasteiger partial charge in [0, 0.05) is 24.0 Å². The van der Waals surface area contributed by atoms with Gasteiger partial charge in [0.1, 0.15) is 0 Å². The summed E-state index contributed by atoms with van der Waals surface area (Å²) in [7, 11) is 0. The van der Waals surface area contributed by atoms with Gasteiger partial charge in [-0.2, -0.15) is 0 Å². The monoisotopic (exact) mass is 150 g/mol. The summed E-state index contributed by atoms with van der Waals surface area (Å²) in [5.41, 5.74) is 1.70. The van der Waals surface area contributed by atoms with Crippen LogP contribution in [-0.2, 0) is 9.59 Å². The smallest absolute Gasteiger partial charge is 0.159 e. The summed E-state index contributed by atoms with van der Waals surface area (Å²) < 4.78 is 0. The molecule has 2 nitrogen and oxygen atoms in total. The van der Waals surface area contributed by atoms with Gasteiger partial charge in [0.2, 0.25) is 0 Å². The number of Topliss-reactive ketones (excluding diaryl/α,β-unsaturated/α-hetero) is 2. The molecule has 0 N–H and O–H groups in total. The van der Waals surface area contributed by atoms with Crippen molar-refractivity contribution >= 4 is 11.6 Å². The molecule has 58 valence electrons. The molecule has 0 fully saturated rings. The molecule has 0 aromatic heterocycles. The van der Waals surface area contributed by atoms with E-state index in [2.05, 4.69) is 0 Å². The molecular formula is C9H10O2. The summed E-state index contributed by atoms with van der Waals surface area (Å²) in [6.07, 6.45) is 3.68. The molecule has 0 atom stereocenters. The highest BCUT2D eigenvalue weighted by Crippen LogP contribution is 2.32. The first-order valence-corrected chi connectivity index (χ1v) is 4.07. The molecule has 0 bridgehead atoms. The highest BCUT2D eigenvalue weighted by Gasteiger charge is 2.29. The Morgan fingerprint density at radius 2 is 1.36 bits per heavy atom. The average molecular weight is 150 g/mol. The van der Waals surface area contributed by atoms with Crippen molar-refractivity contribution < 1.29 is 9.59 Å². The van der Waals surface area contributed by atoms with Crippen LogP contribution in [0.5, 0.6) is 0 Å². The van der Waals surface area contributed by atoms with Crippen LogP contribution in [0, 0.1) is 0 Å². The van der Waals surface area contributed by atoms with Crippen molar-refractivity contribution in [3.8, 4) is 0 Å². The first-order chi connectivity index (χ1) is 5.29. The first-order valence-electron chi connectivity index (χ1n) is 4.07. The molecule has 0 heterocycles. The van der Waals surface area contributed by atoms with Crippen molar-refractivity contribution in [2.24, 2.45) is 0 Å². The van der Waals surface area contributed by atoms with E-state index in [1.807, 2.05) is 0 Å². The molecule has 2 aliphatic carbocycles. The third-order valence-corrected chi connectivity index (χ3v) is 2.47. The van der Waals surface area contributed by atoms with Crippen LogP contribution < -0.4 is 0 Å². The normalized spacial score (nSPS) is 24.4. The van der Waals surface area contributed by atoms with Crippen LogP contribution in [-0.4, -0.2) is 11.6 Å². The number of rotatable bonds is 0. The van der Waals surface area contributed by atoms with Gasteiger partial charge in [-0.1, -0.05) is 0 Å². The van der Waals surface area contributed by atoms with Gasteiger partial charge in [-0.05, 0) is 19.3 Å². The molecule has 0 aliphatic heterocycles. The van der Waals surface area contributed by atoms with E-state index in [0.717, 1.165) is 24.0 Å². The van der Waals surface area contributed by atoms with Gasteiger partial charge in [-0.3, -0.25) is 9.59 Å². The lowest BCUT2D eigenvalue weighted by Crippen LogP contribution is -2.09. The Morgan fingerprint density at radius 1 is 0.727 bits per heavy atom. The van der Waals surface area contributed by atoms with Crippen molar-refractivity contribution in [2.75, 3.05) is 0 Å². The molecule has 11 heavy (non-hydrogen) atoms. The van der Waals surface area contributed by atoms with E-state index < -0.39 is 0 Å². The topological polar surface area (TPSA) is 34.1 Å². The second-order valence-corrected chi connectivity index (χ2v) is 3.16. The third kappa shape index (κ3) is 0.934. The standard InChI is InChI=1S/C9H10O2/c10-8-3-1-2-6-7(8)4-5-9(6)11/h1-5H2. The molecule has 2 heteroatoms. The molecule has 0 saturated heterocycles. The van der Waals surface area contributed by atoms with Gasteiger partial charge in [0.05, 0.1) is 0 Å². The number of hydrogen-bond donors (Lipinski definition) is 0. The molecular weight excluding hydrogens is 140 g/mol. The van der Waals surface area contributed by atoms with Crippen LogP contribution in [0.4, 0.5) is 0 Å². The first kappa shape index (κ1) is 6.77. The zero-order valence-corrected chi connectivity index (χ0v) is 6.35. The van der Waals surface area contributed by atoms with Crippen LogP contribution >= 0.6 is 0 Å². The van der Waals surface area contributed by atoms with E-state index in [1.54, 1.807) is 0 Å². The summed E-state index contributed by atoms with van der Waals surface area (Å²) in [5, 5.41) is 0. The molecule has 2 aliphatic rings. The lowest BCUT2D eigenvalue weighted by Gasteiger charge is -2.10. The number of allylic oxidation sites excluding steroid dienone is 2. The molecule has 0 spiro atoms. The van der Waals surface area contributed by atoms with Gasteiger partial charge >= 0.3 is 0 Å². The zero-order chi connectivity index (χ0) is 7.84. The van der Waals surface area contributed by atoms with Crippen LogP contribution in [0.1, 0.15) is 32.1 Å². The van der Waals surface area contributed by atoms with Crippen LogP contribution in [0.2, 0.25) is 0 Å². The minimum absolute atomic E-state index is 0.216. The maximum absolute atomic E-state index is 11.2. The summed E-state index contributed by atoms with van der Waals surface area (Å²) in [6.45, 7) is 0. The Bertz CT molecular complexity index is 261. The lowest BCUT2D eigenvalue weighted by molar-refractivity contribution is -0.117. The van der Waals surface area contributed by atoms with E-state index in [-0.39, 0.29) is 11.6 Å². The Balaban J connectivity index is 2.40. The molecule has 2 rings (SSSR count). The van der Waals surface area contributed by atoms with Gasteiger partial charge in [0.15, 0.2) is 11.6 Å². The van der Waals surface area contributed by atoms with E-state index in [1.165, 1.54) is 0 Å². The Morgan fingerprint density at radius 3 is 2.09 bits per heavy atom. The average Bonchev–Trinajstić information content (AvgIpc) is 2.35. The third-order valence-electron chi connectivity index (χ3n) is 2.47. The highest BCUT2D eigenvalue weighted by molar-refractivity contribution is 6.10. The van der Waals surface area contributed by atoms with Crippen molar-refractivity contribution in [1.29, 1.82) is 0 Å². The molecule has 0 radical (unpaired) electrons. The minimum atomic E-state index is 0.216. The van der Waals surface area contributed by atoms with Crippen LogP contribution in [0.3, 0.4) is 0 Å². The largest absolute Gasteiger partial charge is 0.295 e. The van der Waals surface area contributed by atoms with Crippen LogP contribution in [0.25, 0.3) is 0 Å². The van der Waals surface area contributed by atoms with E-state index in [4.69, 9.17) is 0 Å². The number of carbonyl (C=O) groups excluding carboxylic acids is 2. The van der Waals surface area contributed by atoms with E-state index in [0.29, 0.717) is 19.3 Å². The molecule has 0 amide bonds. The summed E-state index contributed by atoms with van der Waals surface area (Å²) in [4.78, 5) is 22.4. The Labute approximate surface area is 65.3 Å². The molecule has 0 saturated carbocycles. The summed E-state index contributed by atoms with van der Waals surface area (Å²) >= 11 is 0. The quantitative estimate of drug-likeness (QED) is 0.523. The predicted molar refractivity (Wildman–Crippen MR) is 40.1 cm³/mol. The second kappa shape index (κ2) is 2.29. The fourth-order valence-electron chi connectivity index (χ4n) is 1.88. The fourth-order valence-corrected chi connectivity index (χ4v) is 1.88. The maximum Gasteiger partial charge on any atom is 0.159 e. The molecule has 0 aromatic carbocycles. The Kier molecular flexibility index (Phi) is 1.41. The molecule has 0 aromatic rings. The van der Waals surface area contributed by atoms with Gasteiger partial charge < -0.3 is 0 Å². The van der Waals surface area contributed by atoms with Crippen molar-refractivity contribution in [2.45, 2.75) is 32.1 Å². The summed E-state index contributed by atoms with van der Waals surface area (Å²) in [6, 6.07) is 0. The number of hydrogen-bond acceptors (Lipinski definition) is 2. The summed E-state index contributed by atoms with van der Waals surface area (Å²) in [5.74, 6) is 0.435. The number of carbonyl (C=O) groups is 2. The van der Waals surface area contributed by atoms with E-state index >= 15 is 0 Å². The van der Waals surface area contributed by atoms with Gasteiger partial charge in [-0.25, -0.2) is 0 Å². The van der Waals surface area contributed by atoms with Gasteiger partial charge in [0.25, 0.3) is 0 Å². The van der Waals surface area contributed by atoms with E-state index in [9.17, 15) is 9.59 Å². The second-order valence-electron chi connectivity index (χ2n) is 3.16. The molecule has 0 unspecified atom stereocenters. The van der Waals surface area contributed by atoms with Gasteiger partial charge in [-0.15, -0.1) is 0 Å². The SMILES string of the molecule is O=C1CCC2=C1CCCC2=O. The fraction of sp³-hybridized carbons (Fsp3) is 0.556. The van der Waals surface area contributed by atoms with Crippen molar-refractivity contribution in [3.05, 3.63) is 11.1 Å². The van der Waals surface area contributed by atoms with Crippen LogP contribution in [0.15, 0.2) is 11.1 Å². The van der Waals surface area contributed by atoms with Crippen molar-refractivity contribution in [1.82, 2.24) is 0 Å². The highest BCUT2D eigenvalue weighted by atomic mass is 16.1. The maximum atomic E-state index is 11.2. The minimum Gasteiger partial charge on any atom is -0.295 e. The Hall–Kier alpha value is -0.920. The zero-order valence-electron chi connectivity index (χ0n) is 6.35.